The Balaban J connectivity index is 1.64. The molecule has 0 aromatic heterocycles. The van der Waals surface area contributed by atoms with Gasteiger partial charge in [-0.25, -0.2) is 0 Å². The second-order valence-corrected chi connectivity index (χ2v) is 7.21. The van der Waals surface area contributed by atoms with E-state index < -0.39 is 0 Å². The molecule has 0 radical (unpaired) electrons. The van der Waals surface area contributed by atoms with Crippen LogP contribution in [-0.4, -0.2) is 63.7 Å². The number of aliphatic imine (C=N–C) groups is 1. The van der Waals surface area contributed by atoms with E-state index >= 15 is 0 Å². The Morgan fingerprint density at radius 3 is 2.67 bits per heavy atom. The van der Waals surface area contributed by atoms with E-state index in [9.17, 15) is 4.79 Å². The highest BCUT2D eigenvalue weighted by molar-refractivity contribution is 5.94. The first kappa shape index (κ1) is 21.2. The molecule has 0 bridgehead atoms. The van der Waals surface area contributed by atoms with Crippen LogP contribution in [0.1, 0.15) is 48.0 Å². The van der Waals surface area contributed by atoms with Gasteiger partial charge in [0.2, 0.25) is 0 Å². The van der Waals surface area contributed by atoms with Crippen LogP contribution in [-0.2, 0) is 11.2 Å². The maximum absolute atomic E-state index is 12.1. The van der Waals surface area contributed by atoms with Gasteiger partial charge in [0.15, 0.2) is 5.96 Å². The highest BCUT2D eigenvalue weighted by atomic mass is 16.5. The molecule has 27 heavy (non-hydrogen) atoms. The molecule has 2 rings (SSSR count). The van der Waals surface area contributed by atoms with Crippen molar-refractivity contribution >= 4 is 11.9 Å². The lowest BCUT2D eigenvalue weighted by atomic mass is 10.1. The maximum Gasteiger partial charge on any atom is 0.253 e. The number of amides is 1. The minimum absolute atomic E-state index is 0.0297. The Bertz CT molecular complexity index is 610. The molecule has 1 aliphatic rings. The number of ether oxygens (including phenoxy) is 1. The lowest BCUT2D eigenvalue weighted by molar-refractivity contribution is 0.0574. The molecule has 1 aliphatic carbocycles. The van der Waals surface area contributed by atoms with Gasteiger partial charge in [-0.15, -0.1) is 0 Å². The van der Waals surface area contributed by atoms with Gasteiger partial charge in [0.1, 0.15) is 0 Å². The van der Waals surface area contributed by atoms with Gasteiger partial charge in [-0.05, 0) is 43.4 Å². The summed E-state index contributed by atoms with van der Waals surface area (Å²) in [4.78, 5) is 17.9. The summed E-state index contributed by atoms with van der Waals surface area (Å²) in [7, 11) is 5.32. The molecule has 0 atom stereocenters. The smallest absolute Gasteiger partial charge is 0.253 e. The third-order valence-electron chi connectivity index (χ3n) is 4.78. The molecule has 2 N–H and O–H groups in total. The third kappa shape index (κ3) is 7.59. The summed E-state index contributed by atoms with van der Waals surface area (Å²) >= 11 is 0. The number of guanidine groups is 1. The lowest BCUT2D eigenvalue weighted by Gasteiger charge is -2.14. The Morgan fingerprint density at radius 2 is 1.96 bits per heavy atom. The Labute approximate surface area is 163 Å². The summed E-state index contributed by atoms with van der Waals surface area (Å²) in [5.74, 6) is 0.832. The van der Waals surface area contributed by atoms with E-state index in [2.05, 4.69) is 15.6 Å². The fourth-order valence-corrected chi connectivity index (χ4v) is 3.25. The number of nitrogens with one attached hydrogen (secondary N) is 2. The van der Waals surface area contributed by atoms with Crippen LogP contribution in [0.3, 0.4) is 0 Å². The minimum atomic E-state index is 0.0297. The monoisotopic (exact) mass is 374 g/mol. The zero-order valence-corrected chi connectivity index (χ0v) is 17.0. The average Bonchev–Trinajstić information content (AvgIpc) is 3.19. The fraction of sp³-hybridized carbons (Fsp3) is 0.619. The van der Waals surface area contributed by atoms with Crippen LogP contribution in [0.4, 0.5) is 0 Å². The van der Waals surface area contributed by atoms with E-state index in [-0.39, 0.29) is 5.91 Å². The van der Waals surface area contributed by atoms with E-state index in [1.807, 2.05) is 24.3 Å². The maximum atomic E-state index is 12.1. The second-order valence-electron chi connectivity index (χ2n) is 7.21. The molecule has 1 saturated carbocycles. The molecule has 1 fully saturated rings. The van der Waals surface area contributed by atoms with Crippen LogP contribution in [0, 0.1) is 0 Å². The van der Waals surface area contributed by atoms with Crippen molar-refractivity contribution in [2.45, 2.75) is 44.6 Å². The van der Waals surface area contributed by atoms with Crippen molar-refractivity contribution in [2.24, 2.45) is 4.99 Å². The first-order valence-electron chi connectivity index (χ1n) is 9.97. The molecule has 0 heterocycles. The fourth-order valence-electron chi connectivity index (χ4n) is 3.25. The quantitative estimate of drug-likeness (QED) is 0.396. The normalized spacial score (nSPS) is 15.0. The largest absolute Gasteiger partial charge is 0.378 e. The van der Waals surface area contributed by atoms with Gasteiger partial charge in [0.25, 0.3) is 5.91 Å². The predicted octanol–water partition coefficient (Wildman–Crippen LogP) is 2.45. The van der Waals surface area contributed by atoms with Crippen LogP contribution in [0.25, 0.3) is 0 Å². The van der Waals surface area contributed by atoms with Crippen LogP contribution in [0.2, 0.25) is 0 Å². The minimum Gasteiger partial charge on any atom is -0.378 e. The van der Waals surface area contributed by atoms with E-state index in [0.29, 0.717) is 6.10 Å². The van der Waals surface area contributed by atoms with Crippen LogP contribution < -0.4 is 10.6 Å². The van der Waals surface area contributed by atoms with Gasteiger partial charge in [0.05, 0.1) is 6.10 Å². The van der Waals surface area contributed by atoms with Crippen molar-refractivity contribution in [3.8, 4) is 0 Å². The number of carbonyl (C=O) groups excluding carboxylic acids is 1. The molecule has 0 aliphatic heterocycles. The number of hydrogen-bond acceptors (Lipinski definition) is 3. The van der Waals surface area contributed by atoms with Gasteiger partial charge in [-0.3, -0.25) is 9.79 Å². The molecule has 0 unspecified atom stereocenters. The summed E-state index contributed by atoms with van der Waals surface area (Å²) < 4.78 is 5.87. The molecule has 6 nitrogen and oxygen atoms in total. The summed E-state index contributed by atoms with van der Waals surface area (Å²) in [6.45, 7) is 2.42. The van der Waals surface area contributed by atoms with Gasteiger partial charge < -0.3 is 20.3 Å². The van der Waals surface area contributed by atoms with E-state index in [4.69, 9.17) is 4.74 Å². The number of hydrogen-bond donors (Lipinski definition) is 2. The first-order chi connectivity index (χ1) is 13.1. The van der Waals surface area contributed by atoms with Crippen molar-refractivity contribution in [2.75, 3.05) is 40.8 Å². The zero-order chi connectivity index (χ0) is 19.5. The molecule has 1 aromatic carbocycles. The predicted molar refractivity (Wildman–Crippen MR) is 110 cm³/mol. The molecule has 6 heteroatoms. The van der Waals surface area contributed by atoms with Crippen LogP contribution in [0.5, 0.6) is 0 Å². The van der Waals surface area contributed by atoms with Gasteiger partial charge in [-0.2, -0.15) is 0 Å². The zero-order valence-electron chi connectivity index (χ0n) is 17.0. The van der Waals surface area contributed by atoms with Crippen molar-refractivity contribution < 1.29 is 9.53 Å². The number of nitrogens with zero attached hydrogens (tertiary/aromatic N) is 2. The Kier molecular flexibility index (Phi) is 9.11. The molecular formula is C21H34N4O2. The average molecular weight is 375 g/mol. The first-order valence-corrected chi connectivity index (χ1v) is 9.97. The van der Waals surface area contributed by atoms with Crippen LogP contribution in [0.15, 0.2) is 29.3 Å². The number of rotatable bonds is 9. The van der Waals surface area contributed by atoms with E-state index in [1.165, 1.54) is 25.7 Å². The SMILES string of the molecule is CN=C(NCCCOC1CCCC1)NCCc1cccc(C(=O)N(C)C)c1. The molecular weight excluding hydrogens is 340 g/mol. The third-order valence-corrected chi connectivity index (χ3v) is 4.78. The number of carbonyl (C=O) groups is 1. The van der Waals surface area contributed by atoms with Crippen molar-refractivity contribution in [1.82, 2.24) is 15.5 Å². The number of benzene rings is 1. The molecule has 1 amide bonds. The standard InChI is InChI=1S/C21H34N4O2/c1-22-21(23-13-7-15-27-19-10-4-5-11-19)24-14-12-17-8-6-9-18(16-17)20(26)25(2)3/h6,8-9,16,19H,4-5,7,10-15H2,1-3H3,(H2,22,23,24). The second kappa shape index (κ2) is 11.6. The topological polar surface area (TPSA) is 66.0 Å². The van der Waals surface area contributed by atoms with Crippen molar-refractivity contribution in [3.05, 3.63) is 35.4 Å². The highest BCUT2D eigenvalue weighted by Crippen LogP contribution is 2.20. The van der Waals surface area contributed by atoms with E-state index in [1.54, 1.807) is 26.0 Å². The molecule has 0 saturated heterocycles. The van der Waals surface area contributed by atoms with Crippen LogP contribution >= 0.6 is 0 Å². The summed E-state index contributed by atoms with van der Waals surface area (Å²) in [5, 5.41) is 6.65. The van der Waals surface area contributed by atoms with Gasteiger partial charge in [0, 0.05) is 46.4 Å². The van der Waals surface area contributed by atoms with Crippen molar-refractivity contribution in [3.63, 3.8) is 0 Å². The highest BCUT2D eigenvalue weighted by Gasteiger charge is 2.14. The lowest BCUT2D eigenvalue weighted by Crippen LogP contribution is -2.39. The summed E-state index contributed by atoms with van der Waals surface area (Å²) in [6, 6.07) is 7.79. The van der Waals surface area contributed by atoms with Crippen molar-refractivity contribution in [1.29, 1.82) is 0 Å². The summed E-state index contributed by atoms with van der Waals surface area (Å²) in [5.41, 5.74) is 1.86. The molecule has 0 spiro atoms. The Hall–Kier alpha value is -2.08. The Morgan fingerprint density at radius 1 is 1.22 bits per heavy atom. The van der Waals surface area contributed by atoms with Gasteiger partial charge >= 0.3 is 0 Å². The van der Waals surface area contributed by atoms with Gasteiger partial charge in [-0.1, -0.05) is 25.0 Å². The summed E-state index contributed by atoms with van der Waals surface area (Å²) in [6.07, 6.45) is 7.36. The molecule has 150 valence electrons. The molecule has 1 aromatic rings. The van der Waals surface area contributed by atoms with E-state index in [0.717, 1.165) is 49.6 Å².